The monoisotopic (exact) mass is 583 g/mol. The van der Waals surface area contributed by atoms with Gasteiger partial charge in [-0.15, -0.1) is 0 Å². The van der Waals surface area contributed by atoms with Crippen LogP contribution in [0.1, 0.15) is 18.4 Å². The Morgan fingerprint density at radius 2 is 1.05 bits per heavy atom. The Labute approximate surface area is 230 Å². The van der Waals surface area contributed by atoms with Crippen LogP contribution in [0.25, 0.3) is 0 Å². The summed E-state index contributed by atoms with van der Waals surface area (Å²) in [5.41, 5.74) is 0.971. The molecule has 2 rings (SSSR count). The number of benzene rings is 1. The van der Waals surface area contributed by atoms with Crippen LogP contribution in [0.4, 0.5) is 8.78 Å². The minimum absolute atomic E-state index is 0.0650. The van der Waals surface area contributed by atoms with E-state index >= 15 is 0 Å². The molecule has 0 N–H and O–H groups in total. The molecule has 1 aliphatic rings. The van der Waals surface area contributed by atoms with Gasteiger partial charge in [-0.3, -0.25) is 4.18 Å². The van der Waals surface area contributed by atoms with Crippen LogP contribution in [0.5, 0.6) is 0 Å². The van der Waals surface area contributed by atoms with E-state index in [1.54, 1.807) is 12.1 Å². The molecular weight excluding hydrogens is 540 g/mol. The minimum Gasteiger partial charge on any atom is -0.378 e. The van der Waals surface area contributed by atoms with Crippen LogP contribution in [0.2, 0.25) is 0 Å². The molecule has 1 aliphatic heterocycles. The first-order chi connectivity index (χ1) is 18.8. The molecule has 226 valence electrons. The minimum atomic E-state index is -3.77. The average Bonchev–Trinajstić information content (AvgIpc) is 2.90. The lowest BCUT2D eigenvalue weighted by Gasteiger charge is -2.31. The number of halogens is 2. The van der Waals surface area contributed by atoms with E-state index in [-0.39, 0.29) is 31.0 Å². The normalized spacial score (nSPS) is 16.1. The molecule has 0 spiro atoms. The summed E-state index contributed by atoms with van der Waals surface area (Å²) < 4.78 is 87.7. The van der Waals surface area contributed by atoms with Crippen molar-refractivity contribution in [3.05, 3.63) is 29.8 Å². The van der Waals surface area contributed by atoms with Gasteiger partial charge in [0.25, 0.3) is 16.0 Å². The van der Waals surface area contributed by atoms with Crippen LogP contribution in [0.3, 0.4) is 0 Å². The predicted octanol–water partition coefficient (Wildman–Crippen LogP) is 2.53. The zero-order valence-corrected chi connectivity index (χ0v) is 23.6. The second kappa shape index (κ2) is 19.7. The van der Waals surface area contributed by atoms with E-state index in [1.165, 1.54) is 12.1 Å². The Morgan fingerprint density at radius 3 is 1.49 bits per heavy atom. The molecule has 0 amide bonds. The molecule has 0 bridgehead atoms. The molecule has 0 atom stereocenters. The number of rotatable bonds is 23. The van der Waals surface area contributed by atoms with E-state index in [0.29, 0.717) is 92.3 Å². The van der Waals surface area contributed by atoms with Gasteiger partial charge < -0.3 is 33.3 Å². The number of aryl methyl sites for hydroxylation is 1. The fraction of sp³-hybridized carbons (Fsp3) is 0.769. The number of hydrogen-bond acceptors (Lipinski definition) is 10. The molecule has 0 aliphatic carbocycles. The molecule has 39 heavy (non-hydrogen) atoms. The average molecular weight is 584 g/mol. The second-order valence-corrected chi connectivity index (χ2v) is 10.6. The molecule has 0 radical (unpaired) electrons. The molecular formula is C26H43F2NO9S. The summed E-state index contributed by atoms with van der Waals surface area (Å²) in [4.78, 5) is 2.12. The highest BCUT2D eigenvalue weighted by atomic mass is 32.2. The predicted molar refractivity (Wildman–Crippen MR) is 140 cm³/mol. The molecule has 0 aromatic heterocycles. The van der Waals surface area contributed by atoms with Crippen LogP contribution in [0, 0.1) is 6.92 Å². The highest BCUT2D eigenvalue weighted by molar-refractivity contribution is 7.86. The number of alkyl halides is 2. The summed E-state index contributed by atoms with van der Waals surface area (Å²) in [5, 5.41) is 0. The van der Waals surface area contributed by atoms with Crippen molar-refractivity contribution in [1.29, 1.82) is 0 Å². The summed E-state index contributed by atoms with van der Waals surface area (Å²) in [6.45, 7) is 8.20. The van der Waals surface area contributed by atoms with E-state index < -0.39 is 16.0 Å². The van der Waals surface area contributed by atoms with Crippen LogP contribution in [0.15, 0.2) is 29.2 Å². The van der Waals surface area contributed by atoms with Gasteiger partial charge in [-0.2, -0.15) is 8.42 Å². The van der Waals surface area contributed by atoms with Gasteiger partial charge in [0.1, 0.15) is 0 Å². The van der Waals surface area contributed by atoms with Crippen molar-refractivity contribution < 1.29 is 49.8 Å². The third kappa shape index (κ3) is 16.5. The molecule has 0 unspecified atom stereocenters. The van der Waals surface area contributed by atoms with Crippen molar-refractivity contribution in [2.75, 3.05) is 106 Å². The first kappa shape index (κ1) is 33.9. The van der Waals surface area contributed by atoms with Crippen molar-refractivity contribution in [2.45, 2.75) is 30.6 Å². The third-order valence-corrected chi connectivity index (χ3v) is 7.10. The lowest BCUT2D eigenvalue weighted by Crippen LogP contribution is -2.40. The number of piperidine rings is 1. The molecule has 1 heterocycles. The van der Waals surface area contributed by atoms with Gasteiger partial charge in [0.05, 0.1) is 90.8 Å². The fourth-order valence-electron chi connectivity index (χ4n) is 3.47. The van der Waals surface area contributed by atoms with Crippen molar-refractivity contribution in [3.8, 4) is 0 Å². The Morgan fingerprint density at radius 1 is 0.667 bits per heavy atom. The summed E-state index contributed by atoms with van der Waals surface area (Å²) in [7, 11) is -3.77. The van der Waals surface area contributed by atoms with Crippen molar-refractivity contribution in [3.63, 3.8) is 0 Å². The number of nitrogens with zero attached hydrogens (tertiary/aromatic N) is 1. The molecule has 0 saturated carbocycles. The lowest BCUT2D eigenvalue weighted by molar-refractivity contribution is -0.0600. The van der Waals surface area contributed by atoms with Crippen LogP contribution >= 0.6 is 0 Å². The lowest BCUT2D eigenvalue weighted by atomic mass is 10.1. The Hall–Kier alpha value is -1.29. The standard InChI is InChI=1S/C26H43F2NO9S/c1-24-2-4-25(5-3-24)39(30,31)38-23-22-37-21-20-36-19-18-35-17-16-34-15-14-33-13-12-32-11-10-29-8-6-26(27,28)7-9-29/h2-5H,6-23H2,1H3. The summed E-state index contributed by atoms with van der Waals surface area (Å²) >= 11 is 0. The van der Waals surface area contributed by atoms with E-state index in [9.17, 15) is 17.2 Å². The second-order valence-electron chi connectivity index (χ2n) is 8.96. The molecule has 1 aromatic carbocycles. The maximum absolute atomic E-state index is 13.1. The first-order valence-electron chi connectivity index (χ1n) is 13.3. The smallest absolute Gasteiger partial charge is 0.297 e. The molecule has 13 heteroatoms. The van der Waals surface area contributed by atoms with Gasteiger partial charge in [0, 0.05) is 32.5 Å². The summed E-state index contributed by atoms with van der Waals surface area (Å²) in [5.74, 6) is -2.51. The highest BCUT2D eigenvalue weighted by Crippen LogP contribution is 2.27. The van der Waals surface area contributed by atoms with Crippen molar-refractivity contribution in [2.24, 2.45) is 0 Å². The molecule has 1 fully saturated rings. The van der Waals surface area contributed by atoms with E-state index in [1.807, 2.05) is 11.8 Å². The summed E-state index contributed by atoms with van der Waals surface area (Å²) in [6.07, 6.45) is -0.147. The van der Waals surface area contributed by atoms with Crippen molar-refractivity contribution in [1.82, 2.24) is 4.90 Å². The topological polar surface area (TPSA) is 102 Å². The SMILES string of the molecule is Cc1ccc(S(=O)(=O)OCCOCCOCCOCCOCCOCCOCCN2CCC(F)(F)CC2)cc1. The van der Waals surface area contributed by atoms with Gasteiger partial charge >= 0.3 is 0 Å². The summed E-state index contributed by atoms with van der Waals surface area (Å²) in [6, 6.07) is 6.45. The molecule has 1 saturated heterocycles. The molecule has 10 nitrogen and oxygen atoms in total. The quantitative estimate of drug-likeness (QED) is 0.141. The van der Waals surface area contributed by atoms with Gasteiger partial charge in [-0.05, 0) is 19.1 Å². The maximum Gasteiger partial charge on any atom is 0.297 e. The maximum atomic E-state index is 13.1. The Bertz CT molecular complexity index is 849. The van der Waals surface area contributed by atoms with Gasteiger partial charge in [0.2, 0.25) is 0 Å². The Kier molecular flexibility index (Phi) is 17.2. The van der Waals surface area contributed by atoms with E-state index in [4.69, 9.17) is 32.6 Å². The fourth-order valence-corrected chi connectivity index (χ4v) is 4.37. The number of ether oxygens (including phenoxy) is 6. The van der Waals surface area contributed by atoms with Crippen LogP contribution < -0.4 is 0 Å². The zero-order valence-electron chi connectivity index (χ0n) is 22.8. The highest BCUT2D eigenvalue weighted by Gasteiger charge is 2.33. The Balaban J connectivity index is 1.25. The number of hydrogen-bond donors (Lipinski definition) is 0. The third-order valence-electron chi connectivity index (χ3n) is 5.78. The van der Waals surface area contributed by atoms with E-state index in [0.717, 1.165) is 5.56 Å². The zero-order chi connectivity index (χ0) is 28.2. The van der Waals surface area contributed by atoms with E-state index in [2.05, 4.69) is 0 Å². The van der Waals surface area contributed by atoms with Gasteiger partial charge in [-0.1, -0.05) is 17.7 Å². The van der Waals surface area contributed by atoms with Gasteiger partial charge in [0.15, 0.2) is 0 Å². The van der Waals surface area contributed by atoms with Crippen molar-refractivity contribution >= 4 is 10.1 Å². The van der Waals surface area contributed by atoms with Crippen LogP contribution in [-0.2, 0) is 42.7 Å². The van der Waals surface area contributed by atoms with Gasteiger partial charge in [-0.25, -0.2) is 8.78 Å². The largest absolute Gasteiger partial charge is 0.378 e. The first-order valence-corrected chi connectivity index (χ1v) is 14.7. The van der Waals surface area contributed by atoms with Crippen LogP contribution in [-0.4, -0.2) is 125 Å². The molecule has 1 aromatic rings. The number of likely N-dealkylation sites (tertiary alicyclic amines) is 1.